The van der Waals surface area contributed by atoms with E-state index >= 15 is 0 Å². The van der Waals surface area contributed by atoms with E-state index in [9.17, 15) is 13.2 Å². The summed E-state index contributed by atoms with van der Waals surface area (Å²) in [5.41, 5.74) is 4.66. The Balaban J connectivity index is 3.17. The molecule has 1 aromatic rings. The highest BCUT2D eigenvalue weighted by Crippen LogP contribution is 2.35. The summed E-state index contributed by atoms with van der Waals surface area (Å²) in [5, 5.41) is 8.33. The molecular weight excluding hydrogens is 231 g/mol. The minimum absolute atomic E-state index is 0.203. The largest absolute Gasteiger partial charge is 0.417 e. The van der Waals surface area contributed by atoms with Crippen LogP contribution in [0.15, 0.2) is 18.2 Å². The van der Waals surface area contributed by atoms with Crippen molar-refractivity contribution in [1.29, 1.82) is 0 Å². The van der Waals surface area contributed by atoms with Gasteiger partial charge in [-0.05, 0) is 17.7 Å². The number of benzene rings is 1. The second kappa shape index (κ2) is 4.38. The molecule has 0 bridgehead atoms. The zero-order chi connectivity index (χ0) is 11.6. The molecule has 3 N–H and O–H groups in total. The van der Waals surface area contributed by atoms with Crippen LogP contribution in [0, 0.1) is 0 Å². The van der Waals surface area contributed by atoms with Gasteiger partial charge in [-0.3, -0.25) is 0 Å². The monoisotopic (exact) mass is 239 g/mol. The molecule has 1 atom stereocenters. The van der Waals surface area contributed by atoms with E-state index in [2.05, 4.69) is 0 Å². The van der Waals surface area contributed by atoms with Crippen LogP contribution in [0.3, 0.4) is 0 Å². The lowest BCUT2D eigenvalue weighted by Crippen LogP contribution is -2.16. The van der Waals surface area contributed by atoms with Crippen LogP contribution in [-0.2, 0) is 6.18 Å². The molecule has 6 heteroatoms. The van der Waals surface area contributed by atoms with Crippen LogP contribution in [0.1, 0.15) is 17.2 Å². The lowest BCUT2D eigenvalue weighted by atomic mass is 10.0. The summed E-state index contributed by atoms with van der Waals surface area (Å²) in [6, 6.07) is 2.50. The SMILES string of the molecule is N[C@H](CO)c1ccc(Cl)c(C(F)(F)F)c1. The fourth-order valence-electron chi connectivity index (χ4n) is 1.10. The molecule has 0 fully saturated rings. The zero-order valence-electron chi connectivity index (χ0n) is 7.55. The first kappa shape index (κ1) is 12.3. The van der Waals surface area contributed by atoms with Crippen molar-refractivity contribution in [3.8, 4) is 0 Å². The molecular formula is C9H9ClF3NO. The first-order valence-electron chi connectivity index (χ1n) is 4.09. The van der Waals surface area contributed by atoms with Crippen LogP contribution >= 0.6 is 11.6 Å². The summed E-state index contributed by atoms with van der Waals surface area (Å²) in [6.07, 6.45) is -4.51. The molecule has 1 rings (SSSR count). The van der Waals surface area contributed by atoms with Gasteiger partial charge in [0.1, 0.15) is 0 Å². The third-order valence-electron chi connectivity index (χ3n) is 1.92. The van der Waals surface area contributed by atoms with Crippen molar-refractivity contribution in [3.05, 3.63) is 34.3 Å². The molecule has 0 aliphatic rings. The van der Waals surface area contributed by atoms with Gasteiger partial charge in [0.25, 0.3) is 0 Å². The van der Waals surface area contributed by atoms with Gasteiger partial charge < -0.3 is 10.8 Å². The average molecular weight is 240 g/mol. The van der Waals surface area contributed by atoms with Crippen molar-refractivity contribution in [2.75, 3.05) is 6.61 Å². The van der Waals surface area contributed by atoms with Crippen LogP contribution in [0.5, 0.6) is 0 Å². The van der Waals surface area contributed by atoms with Crippen molar-refractivity contribution in [2.24, 2.45) is 5.73 Å². The van der Waals surface area contributed by atoms with Gasteiger partial charge in [0.05, 0.1) is 23.2 Å². The Morgan fingerprint density at radius 1 is 1.40 bits per heavy atom. The van der Waals surface area contributed by atoms with Crippen LogP contribution < -0.4 is 5.73 Å². The normalized spacial score (nSPS) is 14.0. The highest BCUT2D eigenvalue weighted by atomic mass is 35.5. The number of aliphatic hydroxyl groups excluding tert-OH is 1. The summed E-state index contributed by atoms with van der Waals surface area (Å²) in [7, 11) is 0. The molecule has 15 heavy (non-hydrogen) atoms. The Kier molecular flexibility index (Phi) is 3.59. The number of halogens is 4. The summed E-state index contributed by atoms with van der Waals surface area (Å²) in [5.74, 6) is 0. The van der Waals surface area contributed by atoms with Crippen molar-refractivity contribution in [3.63, 3.8) is 0 Å². The summed E-state index contributed by atoms with van der Waals surface area (Å²) in [4.78, 5) is 0. The van der Waals surface area contributed by atoms with Gasteiger partial charge in [-0.1, -0.05) is 17.7 Å². The second-order valence-corrected chi connectivity index (χ2v) is 3.43. The summed E-state index contributed by atoms with van der Waals surface area (Å²) >= 11 is 5.41. The van der Waals surface area contributed by atoms with Gasteiger partial charge in [-0.2, -0.15) is 13.2 Å². The number of alkyl halides is 3. The number of nitrogens with two attached hydrogens (primary N) is 1. The Bertz CT molecular complexity index is 354. The second-order valence-electron chi connectivity index (χ2n) is 3.03. The molecule has 0 heterocycles. The van der Waals surface area contributed by atoms with E-state index < -0.39 is 24.4 Å². The minimum atomic E-state index is -4.51. The van der Waals surface area contributed by atoms with Crippen LogP contribution in [-0.4, -0.2) is 11.7 Å². The molecule has 0 aliphatic carbocycles. The van der Waals surface area contributed by atoms with E-state index in [1.54, 1.807) is 0 Å². The fourth-order valence-corrected chi connectivity index (χ4v) is 1.32. The van der Waals surface area contributed by atoms with Crippen molar-refractivity contribution >= 4 is 11.6 Å². The van der Waals surface area contributed by atoms with E-state index in [1.807, 2.05) is 0 Å². The van der Waals surface area contributed by atoms with Crippen molar-refractivity contribution in [1.82, 2.24) is 0 Å². The van der Waals surface area contributed by atoms with Crippen LogP contribution in [0.4, 0.5) is 13.2 Å². The maximum Gasteiger partial charge on any atom is 0.417 e. The van der Waals surface area contributed by atoms with Gasteiger partial charge in [0, 0.05) is 0 Å². The van der Waals surface area contributed by atoms with Crippen molar-refractivity contribution < 1.29 is 18.3 Å². The van der Waals surface area contributed by atoms with E-state index in [0.717, 1.165) is 12.1 Å². The predicted molar refractivity (Wildman–Crippen MR) is 50.5 cm³/mol. The Labute approximate surface area is 89.5 Å². The number of hydrogen-bond acceptors (Lipinski definition) is 2. The Morgan fingerprint density at radius 3 is 2.47 bits per heavy atom. The van der Waals surface area contributed by atoms with Gasteiger partial charge in [0.15, 0.2) is 0 Å². The third-order valence-corrected chi connectivity index (χ3v) is 2.25. The standard InChI is InChI=1S/C9H9ClF3NO/c10-7-2-1-5(8(14)4-15)3-6(7)9(11,12)13/h1-3,8,15H,4,14H2/t8-/m1/s1. The molecule has 1 aromatic carbocycles. The van der Waals surface area contributed by atoms with Crippen molar-refractivity contribution in [2.45, 2.75) is 12.2 Å². The van der Waals surface area contributed by atoms with E-state index in [-0.39, 0.29) is 10.6 Å². The smallest absolute Gasteiger partial charge is 0.394 e. The molecule has 0 aliphatic heterocycles. The molecule has 0 aromatic heterocycles. The topological polar surface area (TPSA) is 46.2 Å². The van der Waals surface area contributed by atoms with E-state index in [4.69, 9.17) is 22.4 Å². The fraction of sp³-hybridized carbons (Fsp3) is 0.333. The Morgan fingerprint density at radius 2 is 2.00 bits per heavy atom. The lowest BCUT2D eigenvalue weighted by Gasteiger charge is -2.13. The molecule has 0 saturated heterocycles. The molecule has 0 saturated carbocycles. The quantitative estimate of drug-likeness (QED) is 0.832. The predicted octanol–water partition coefficient (Wildman–Crippen LogP) is 2.35. The molecule has 0 radical (unpaired) electrons. The highest BCUT2D eigenvalue weighted by molar-refractivity contribution is 6.31. The summed E-state index contributed by atoms with van der Waals surface area (Å²) in [6.45, 7) is -0.418. The highest BCUT2D eigenvalue weighted by Gasteiger charge is 2.33. The van der Waals surface area contributed by atoms with Gasteiger partial charge in [-0.15, -0.1) is 0 Å². The van der Waals surface area contributed by atoms with Crippen LogP contribution in [0.25, 0.3) is 0 Å². The molecule has 2 nitrogen and oxygen atoms in total. The Hall–Kier alpha value is -0.780. The molecule has 0 spiro atoms. The first-order valence-corrected chi connectivity index (χ1v) is 4.47. The maximum absolute atomic E-state index is 12.4. The number of aliphatic hydroxyl groups is 1. The van der Waals surface area contributed by atoms with E-state index in [0.29, 0.717) is 0 Å². The molecule has 0 amide bonds. The third kappa shape index (κ3) is 2.84. The number of hydrogen-bond donors (Lipinski definition) is 2. The van der Waals surface area contributed by atoms with Gasteiger partial charge in [0.2, 0.25) is 0 Å². The zero-order valence-corrected chi connectivity index (χ0v) is 8.31. The van der Waals surface area contributed by atoms with Crippen LogP contribution in [0.2, 0.25) is 5.02 Å². The lowest BCUT2D eigenvalue weighted by molar-refractivity contribution is -0.137. The molecule has 84 valence electrons. The minimum Gasteiger partial charge on any atom is -0.394 e. The van der Waals surface area contributed by atoms with Gasteiger partial charge in [-0.25, -0.2) is 0 Å². The maximum atomic E-state index is 12.4. The average Bonchev–Trinajstić information content (AvgIpc) is 2.15. The van der Waals surface area contributed by atoms with E-state index in [1.165, 1.54) is 6.07 Å². The first-order chi connectivity index (χ1) is 6.86. The van der Waals surface area contributed by atoms with Gasteiger partial charge >= 0.3 is 6.18 Å². The summed E-state index contributed by atoms with van der Waals surface area (Å²) < 4.78 is 37.2. The number of rotatable bonds is 2. The molecule has 0 unspecified atom stereocenters.